The Bertz CT molecular complexity index is 453. The first kappa shape index (κ1) is 13.1. The molecule has 0 radical (unpaired) electrons. The van der Waals surface area contributed by atoms with Crippen molar-refractivity contribution in [3.8, 4) is 0 Å². The van der Waals surface area contributed by atoms with Crippen molar-refractivity contribution in [2.75, 3.05) is 0 Å². The maximum Gasteiger partial charge on any atom is 0.259 e. The molecule has 2 aromatic carbocycles. The Balaban J connectivity index is 2.41. The van der Waals surface area contributed by atoms with E-state index in [1.807, 2.05) is 0 Å². The molecular formula is C14H14Br2Si. The van der Waals surface area contributed by atoms with Crippen LogP contribution in [-0.2, 0) is 0 Å². The minimum atomic E-state index is -1.88. The van der Waals surface area contributed by atoms with Crippen molar-refractivity contribution < 1.29 is 0 Å². The molecule has 17 heavy (non-hydrogen) atoms. The first-order valence-electron chi connectivity index (χ1n) is 5.52. The van der Waals surface area contributed by atoms with Gasteiger partial charge in [-0.05, 0) is 24.2 Å². The van der Waals surface area contributed by atoms with Crippen LogP contribution in [0.2, 0.25) is 0 Å². The largest absolute Gasteiger partial charge is 0.259 e. The van der Waals surface area contributed by atoms with Crippen molar-refractivity contribution in [2.45, 2.75) is 13.8 Å². The van der Waals surface area contributed by atoms with Gasteiger partial charge in [0.25, 0.3) is 5.31 Å². The van der Waals surface area contributed by atoms with E-state index in [2.05, 4.69) is 93.0 Å². The quantitative estimate of drug-likeness (QED) is 0.559. The molecule has 0 aliphatic carbocycles. The van der Waals surface area contributed by atoms with Crippen LogP contribution in [0.5, 0.6) is 0 Å². The van der Waals surface area contributed by atoms with Gasteiger partial charge in [-0.1, -0.05) is 90.2 Å². The van der Waals surface area contributed by atoms with Crippen molar-refractivity contribution >= 4 is 46.3 Å². The van der Waals surface area contributed by atoms with Crippen LogP contribution < -0.4 is 10.4 Å². The molecule has 0 amide bonds. The van der Waals surface area contributed by atoms with E-state index in [-0.39, 0.29) is 0 Å². The molecule has 0 aliphatic heterocycles. The highest BCUT2D eigenvalue weighted by atomic mass is 79.9. The minimum absolute atomic E-state index is 1.29. The second-order valence-corrected chi connectivity index (χ2v) is 16.9. The fourth-order valence-electron chi connectivity index (χ4n) is 1.69. The molecule has 0 fully saturated rings. The summed E-state index contributed by atoms with van der Waals surface area (Å²) in [6.45, 7) is 4.22. The third kappa shape index (κ3) is 2.90. The number of benzene rings is 2. The number of hydrogen-bond acceptors (Lipinski definition) is 0. The predicted octanol–water partition coefficient (Wildman–Crippen LogP) is 3.65. The zero-order valence-corrected chi connectivity index (χ0v) is 14.0. The summed E-state index contributed by atoms with van der Waals surface area (Å²) >= 11 is 7.81. The highest BCUT2D eigenvalue weighted by Crippen LogP contribution is 2.20. The van der Waals surface area contributed by atoms with Crippen LogP contribution in [0.3, 0.4) is 0 Å². The van der Waals surface area contributed by atoms with Crippen molar-refractivity contribution in [2.24, 2.45) is 0 Å². The smallest absolute Gasteiger partial charge is 0.0987 e. The van der Waals surface area contributed by atoms with Gasteiger partial charge in [0.05, 0.1) is 0 Å². The lowest BCUT2D eigenvalue weighted by Gasteiger charge is -2.19. The molecule has 0 aromatic heterocycles. The van der Waals surface area contributed by atoms with E-state index in [1.54, 1.807) is 0 Å². The summed E-state index contributed by atoms with van der Waals surface area (Å²) in [5, 5.41) is 0.803. The van der Waals surface area contributed by atoms with Gasteiger partial charge in [-0.3, -0.25) is 0 Å². The fourth-order valence-corrected chi connectivity index (χ4v) is 6.37. The Kier molecular flexibility index (Phi) is 3.91. The van der Waals surface area contributed by atoms with E-state index in [1.165, 1.54) is 21.5 Å². The van der Waals surface area contributed by atoms with Gasteiger partial charge in [0.2, 0.25) is 0 Å². The van der Waals surface area contributed by atoms with Crippen molar-refractivity contribution in [1.82, 2.24) is 0 Å². The molecule has 2 aromatic rings. The predicted molar refractivity (Wildman–Crippen MR) is 85.2 cm³/mol. The van der Waals surface area contributed by atoms with Gasteiger partial charge in [-0.2, -0.15) is 0 Å². The summed E-state index contributed by atoms with van der Waals surface area (Å²) in [7, 11) is 0. The number of halogens is 2. The maximum absolute atomic E-state index is 3.90. The summed E-state index contributed by atoms with van der Waals surface area (Å²) in [6.07, 6.45) is 0. The lowest BCUT2D eigenvalue weighted by molar-refractivity contribution is 1.48. The molecule has 3 heteroatoms. The van der Waals surface area contributed by atoms with Crippen LogP contribution in [0.1, 0.15) is 11.1 Å². The maximum atomic E-state index is 3.90. The molecule has 0 saturated heterocycles. The van der Waals surface area contributed by atoms with Crippen molar-refractivity contribution in [1.29, 1.82) is 0 Å². The van der Waals surface area contributed by atoms with Crippen LogP contribution in [0.4, 0.5) is 0 Å². The van der Waals surface area contributed by atoms with E-state index < -0.39 is 5.31 Å². The van der Waals surface area contributed by atoms with Crippen LogP contribution in [0.25, 0.3) is 0 Å². The normalized spacial score (nSPS) is 11.5. The first-order valence-corrected chi connectivity index (χ1v) is 12.0. The van der Waals surface area contributed by atoms with E-state index in [9.17, 15) is 0 Å². The Morgan fingerprint density at radius 2 is 0.941 bits per heavy atom. The summed E-state index contributed by atoms with van der Waals surface area (Å²) in [5.41, 5.74) is 2.59. The number of hydrogen-bond donors (Lipinski definition) is 0. The van der Waals surface area contributed by atoms with Crippen LogP contribution in [-0.4, -0.2) is 5.31 Å². The van der Waals surface area contributed by atoms with Gasteiger partial charge in [-0.25, -0.2) is 0 Å². The Hall–Kier alpha value is -0.383. The summed E-state index contributed by atoms with van der Waals surface area (Å²) in [4.78, 5) is 0. The van der Waals surface area contributed by atoms with Gasteiger partial charge in [0, 0.05) is 0 Å². The third-order valence-corrected chi connectivity index (χ3v) is 10.4. The topological polar surface area (TPSA) is 0 Å². The SMILES string of the molecule is Cc1ccc([Si](Br)(Br)c2ccc(C)cc2)cc1. The van der Waals surface area contributed by atoms with Gasteiger partial charge < -0.3 is 0 Å². The van der Waals surface area contributed by atoms with Gasteiger partial charge >= 0.3 is 0 Å². The molecule has 0 saturated carbocycles. The average molecular weight is 370 g/mol. The molecule has 0 unspecified atom stereocenters. The lowest BCUT2D eigenvalue weighted by atomic mass is 10.2. The second-order valence-electron chi connectivity index (χ2n) is 4.31. The molecule has 2 rings (SSSR count). The Morgan fingerprint density at radius 3 is 1.24 bits per heavy atom. The molecule has 0 heterocycles. The van der Waals surface area contributed by atoms with Crippen LogP contribution in [0.15, 0.2) is 48.5 Å². The second kappa shape index (κ2) is 5.08. The van der Waals surface area contributed by atoms with Gasteiger partial charge in [0.15, 0.2) is 0 Å². The average Bonchev–Trinajstić information content (AvgIpc) is 2.30. The summed E-state index contributed by atoms with van der Waals surface area (Å²) in [6, 6.07) is 17.4. The van der Waals surface area contributed by atoms with Crippen molar-refractivity contribution in [3.63, 3.8) is 0 Å². The number of rotatable bonds is 2. The van der Waals surface area contributed by atoms with Gasteiger partial charge in [0.1, 0.15) is 0 Å². The Morgan fingerprint density at radius 1 is 0.647 bits per heavy atom. The zero-order valence-electron chi connectivity index (χ0n) is 9.87. The minimum Gasteiger partial charge on any atom is -0.0987 e. The van der Waals surface area contributed by atoms with E-state index >= 15 is 0 Å². The molecule has 0 bridgehead atoms. The van der Waals surface area contributed by atoms with Crippen LogP contribution >= 0.6 is 30.6 Å². The molecule has 0 nitrogen and oxygen atoms in total. The molecule has 0 spiro atoms. The standard InChI is InChI=1S/C14H14Br2Si/c1-11-3-7-13(8-4-11)17(15,16)14-9-5-12(2)6-10-14/h3-10H,1-2H3. The molecule has 0 aliphatic rings. The van der Waals surface area contributed by atoms with E-state index in [0.29, 0.717) is 0 Å². The highest BCUT2D eigenvalue weighted by molar-refractivity contribution is 9.52. The summed E-state index contributed by atoms with van der Waals surface area (Å²) < 4.78 is 0. The summed E-state index contributed by atoms with van der Waals surface area (Å²) in [5.74, 6) is 0. The van der Waals surface area contributed by atoms with E-state index in [4.69, 9.17) is 0 Å². The molecule has 0 atom stereocenters. The third-order valence-electron chi connectivity index (χ3n) is 2.83. The van der Waals surface area contributed by atoms with Gasteiger partial charge in [-0.15, -0.1) is 0 Å². The molecule has 0 N–H and O–H groups in total. The lowest BCUT2D eigenvalue weighted by Crippen LogP contribution is -2.47. The molecular weight excluding hydrogens is 356 g/mol. The molecule has 88 valence electrons. The Labute approximate surface area is 119 Å². The van der Waals surface area contributed by atoms with Crippen LogP contribution in [0, 0.1) is 13.8 Å². The fraction of sp³-hybridized carbons (Fsp3) is 0.143. The number of aryl methyl sites for hydroxylation is 2. The first-order chi connectivity index (χ1) is 8.00. The van der Waals surface area contributed by atoms with E-state index in [0.717, 1.165) is 0 Å². The zero-order chi connectivity index (χ0) is 12.5. The van der Waals surface area contributed by atoms with Crippen molar-refractivity contribution in [3.05, 3.63) is 59.7 Å². The monoisotopic (exact) mass is 368 g/mol. The highest BCUT2D eigenvalue weighted by Gasteiger charge is 2.31.